The van der Waals surface area contributed by atoms with E-state index in [9.17, 15) is 22.8 Å². The van der Waals surface area contributed by atoms with Gasteiger partial charge in [-0.1, -0.05) is 33.6 Å². The minimum absolute atomic E-state index is 0.0707. The highest BCUT2D eigenvalue weighted by molar-refractivity contribution is 9.10. The fourth-order valence-corrected chi connectivity index (χ4v) is 5.06. The van der Waals surface area contributed by atoms with Crippen molar-refractivity contribution in [2.24, 2.45) is 10.5 Å². The van der Waals surface area contributed by atoms with Crippen molar-refractivity contribution >= 4 is 62.9 Å². The van der Waals surface area contributed by atoms with Crippen LogP contribution in [0, 0.1) is 5.41 Å². The third-order valence-corrected chi connectivity index (χ3v) is 7.26. The summed E-state index contributed by atoms with van der Waals surface area (Å²) in [7, 11) is 1.55. The zero-order valence-corrected chi connectivity index (χ0v) is 23.3. The number of hydrogen-bond acceptors (Lipinski definition) is 6. The Bertz CT molecular complexity index is 1180. The van der Waals surface area contributed by atoms with Gasteiger partial charge in [0.25, 0.3) is 0 Å². The van der Waals surface area contributed by atoms with E-state index in [-0.39, 0.29) is 24.4 Å². The van der Waals surface area contributed by atoms with Crippen molar-refractivity contribution in [2.75, 3.05) is 36.9 Å². The molecule has 1 atom stereocenters. The molecule has 1 unspecified atom stereocenters. The second-order valence-corrected chi connectivity index (χ2v) is 10.5. The number of rotatable bonds is 8. The summed E-state index contributed by atoms with van der Waals surface area (Å²) in [5.74, 6) is -0.214. The molecule has 200 valence electrons. The van der Waals surface area contributed by atoms with Crippen LogP contribution in [0.2, 0.25) is 5.02 Å². The number of hydrazone groups is 1. The number of hydrogen-bond donors (Lipinski definition) is 0. The summed E-state index contributed by atoms with van der Waals surface area (Å²) in [6.07, 6.45) is -4.65. The van der Waals surface area contributed by atoms with Gasteiger partial charge in [-0.2, -0.15) is 18.3 Å². The fraction of sp³-hybridized carbons (Fsp3) is 0.375. The van der Waals surface area contributed by atoms with Crippen LogP contribution in [0.5, 0.6) is 0 Å². The molecule has 37 heavy (non-hydrogen) atoms. The van der Waals surface area contributed by atoms with Gasteiger partial charge in [0, 0.05) is 22.9 Å². The lowest BCUT2D eigenvalue weighted by Gasteiger charge is -2.27. The van der Waals surface area contributed by atoms with Crippen LogP contribution in [0.25, 0.3) is 0 Å². The Morgan fingerprint density at radius 3 is 2.49 bits per heavy atom. The Kier molecular flexibility index (Phi) is 9.54. The van der Waals surface area contributed by atoms with E-state index in [4.69, 9.17) is 21.1 Å². The first-order valence-corrected chi connectivity index (χ1v) is 13.2. The first kappa shape index (κ1) is 29.3. The maximum absolute atomic E-state index is 13.7. The minimum Gasteiger partial charge on any atom is -0.465 e. The van der Waals surface area contributed by atoms with Crippen LogP contribution in [0.15, 0.2) is 52.0 Å². The highest BCUT2D eigenvalue weighted by atomic mass is 79.9. The Labute approximate surface area is 230 Å². The predicted molar refractivity (Wildman–Crippen MR) is 141 cm³/mol. The van der Waals surface area contributed by atoms with Crippen molar-refractivity contribution in [3.8, 4) is 0 Å². The molecule has 0 fully saturated rings. The number of urea groups is 1. The number of alkyl halides is 3. The highest BCUT2D eigenvalue weighted by Crippen LogP contribution is 2.39. The van der Waals surface area contributed by atoms with Gasteiger partial charge in [0.15, 0.2) is 0 Å². The molecule has 7 nitrogen and oxygen atoms in total. The Balaban J connectivity index is 2.04. The van der Waals surface area contributed by atoms with Gasteiger partial charge in [0.2, 0.25) is 0 Å². The monoisotopic (exact) mass is 621 g/mol. The lowest BCUT2D eigenvalue weighted by Crippen LogP contribution is -2.44. The number of esters is 1. The van der Waals surface area contributed by atoms with E-state index in [1.807, 2.05) is 0 Å². The number of amides is 2. The standard InChI is InChI=1S/C24H24BrClF3N3O4S/c1-4-36-21(33)23(2)14-31(30-20(23)15-5-10-18(19(26)13-15)24(27,28)29)22(34)32(37-12-11-35-3)17-8-6-16(25)7-9-17/h5-10,13H,4,11-12,14H2,1-3H3. The second-order valence-electron chi connectivity index (χ2n) is 8.13. The summed E-state index contributed by atoms with van der Waals surface area (Å²) in [5, 5.41) is 4.97. The van der Waals surface area contributed by atoms with Crippen LogP contribution in [0.1, 0.15) is 25.0 Å². The van der Waals surface area contributed by atoms with Gasteiger partial charge in [-0.05, 0) is 62.2 Å². The lowest BCUT2D eigenvalue weighted by atomic mass is 9.82. The van der Waals surface area contributed by atoms with Crippen molar-refractivity contribution in [3.63, 3.8) is 0 Å². The maximum Gasteiger partial charge on any atom is 0.417 e. The molecular formula is C24H24BrClF3N3O4S. The second kappa shape index (κ2) is 12.1. The van der Waals surface area contributed by atoms with E-state index in [1.165, 1.54) is 29.2 Å². The van der Waals surface area contributed by atoms with Gasteiger partial charge < -0.3 is 9.47 Å². The first-order valence-electron chi connectivity index (χ1n) is 11.0. The number of carbonyl (C=O) groups is 2. The summed E-state index contributed by atoms with van der Waals surface area (Å²) < 4.78 is 52.3. The average Bonchev–Trinajstić information content (AvgIpc) is 3.20. The topological polar surface area (TPSA) is 71.4 Å². The summed E-state index contributed by atoms with van der Waals surface area (Å²) in [6.45, 7) is 3.43. The van der Waals surface area contributed by atoms with Gasteiger partial charge in [-0.25, -0.2) is 14.1 Å². The quantitative estimate of drug-likeness (QED) is 0.188. The molecule has 13 heteroatoms. The summed E-state index contributed by atoms with van der Waals surface area (Å²) in [4.78, 5) is 26.7. The summed E-state index contributed by atoms with van der Waals surface area (Å²) >= 11 is 10.5. The molecule has 0 saturated carbocycles. The van der Waals surface area contributed by atoms with Crippen LogP contribution in [0.4, 0.5) is 23.7 Å². The third-order valence-electron chi connectivity index (χ3n) is 5.45. The Hall–Kier alpha value is -2.28. The number of halogens is 5. The average molecular weight is 623 g/mol. The third kappa shape index (κ3) is 6.60. The van der Waals surface area contributed by atoms with Crippen molar-refractivity contribution in [1.29, 1.82) is 0 Å². The highest BCUT2D eigenvalue weighted by Gasteiger charge is 2.49. The zero-order valence-electron chi connectivity index (χ0n) is 20.1. The molecule has 2 aromatic rings. The molecule has 1 aliphatic rings. The van der Waals surface area contributed by atoms with E-state index in [1.54, 1.807) is 38.3 Å². The van der Waals surface area contributed by atoms with Crippen molar-refractivity contribution in [1.82, 2.24) is 5.01 Å². The van der Waals surface area contributed by atoms with Gasteiger partial charge >= 0.3 is 18.2 Å². The Morgan fingerprint density at radius 1 is 1.24 bits per heavy atom. The molecule has 1 aliphatic heterocycles. The van der Waals surface area contributed by atoms with Crippen molar-refractivity contribution in [2.45, 2.75) is 20.0 Å². The molecular weight excluding hydrogens is 599 g/mol. The predicted octanol–water partition coefficient (Wildman–Crippen LogP) is 6.63. The van der Waals surface area contributed by atoms with E-state index < -0.39 is 34.2 Å². The number of methoxy groups -OCH3 is 1. The van der Waals surface area contributed by atoms with Gasteiger partial charge in [-0.3, -0.25) is 4.79 Å². The smallest absolute Gasteiger partial charge is 0.417 e. The summed E-state index contributed by atoms with van der Waals surface area (Å²) in [6, 6.07) is 9.58. The molecule has 2 aromatic carbocycles. The zero-order chi connectivity index (χ0) is 27.4. The number of nitrogens with zero attached hydrogens (tertiary/aromatic N) is 3. The van der Waals surface area contributed by atoms with Crippen molar-refractivity contribution < 1.29 is 32.2 Å². The Morgan fingerprint density at radius 2 is 1.92 bits per heavy atom. The van der Waals surface area contributed by atoms with E-state index in [0.717, 1.165) is 21.6 Å². The fourth-order valence-electron chi connectivity index (χ4n) is 3.60. The molecule has 3 rings (SSSR count). The lowest BCUT2D eigenvalue weighted by molar-refractivity contribution is -0.150. The van der Waals surface area contributed by atoms with Gasteiger partial charge in [0.1, 0.15) is 5.41 Å². The van der Waals surface area contributed by atoms with Crippen LogP contribution in [-0.2, 0) is 20.4 Å². The maximum atomic E-state index is 13.7. The number of carbonyl (C=O) groups excluding carboxylic acids is 2. The molecule has 0 aliphatic carbocycles. The molecule has 1 heterocycles. The van der Waals surface area contributed by atoms with Crippen molar-refractivity contribution in [3.05, 3.63) is 63.1 Å². The van der Waals surface area contributed by atoms with Crippen LogP contribution < -0.4 is 4.31 Å². The molecule has 0 radical (unpaired) electrons. The minimum atomic E-state index is -4.65. The van der Waals surface area contributed by atoms with E-state index in [0.29, 0.717) is 18.0 Å². The van der Waals surface area contributed by atoms with Gasteiger partial charge in [0.05, 0.1) is 41.7 Å². The number of benzene rings is 2. The summed E-state index contributed by atoms with van der Waals surface area (Å²) in [5.41, 5.74) is -1.65. The van der Waals surface area contributed by atoms with Crippen LogP contribution in [0.3, 0.4) is 0 Å². The van der Waals surface area contributed by atoms with E-state index in [2.05, 4.69) is 21.0 Å². The SMILES string of the molecule is CCOC(=O)C1(C)CN(C(=O)N(SCCOC)c2ccc(Br)cc2)N=C1c1ccc(C(F)(F)F)c(Cl)c1. The van der Waals surface area contributed by atoms with Crippen LogP contribution in [-0.4, -0.2) is 55.3 Å². The largest absolute Gasteiger partial charge is 0.465 e. The number of ether oxygens (including phenoxy) is 2. The molecule has 0 bridgehead atoms. The molecule has 0 N–H and O–H groups in total. The van der Waals surface area contributed by atoms with E-state index >= 15 is 0 Å². The van der Waals surface area contributed by atoms with Crippen LogP contribution >= 0.6 is 39.5 Å². The number of anilines is 1. The molecule has 0 spiro atoms. The first-order chi connectivity index (χ1) is 17.4. The van der Waals surface area contributed by atoms with Gasteiger partial charge in [-0.15, -0.1) is 0 Å². The normalized spacial score (nSPS) is 17.5. The molecule has 0 aromatic heterocycles. The molecule has 0 saturated heterocycles. The molecule has 2 amide bonds.